The molecule has 1 saturated carbocycles. The van der Waals surface area contributed by atoms with E-state index < -0.39 is 5.91 Å². The van der Waals surface area contributed by atoms with Gasteiger partial charge in [-0.25, -0.2) is 19.4 Å². The van der Waals surface area contributed by atoms with Crippen molar-refractivity contribution >= 4 is 28.6 Å². The summed E-state index contributed by atoms with van der Waals surface area (Å²) < 4.78 is 13.4. The van der Waals surface area contributed by atoms with Crippen molar-refractivity contribution in [2.75, 3.05) is 5.32 Å². The molecule has 2 atom stereocenters. The van der Waals surface area contributed by atoms with Crippen molar-refractivity contribution in [1.82, 2.24) is 15.3 Å². The van der Waals surface area contributed by atoms with Gasteiger partial charge in [0.05, 0.1) is 17.6 Å². The van der Waals surface area contributed by atoms with Gasteiger partial charge >= 0.3 is 0 Å². The number of hydrogen-bond donors (Lipinski definition) is 4. The summed E-state index contributed by atoms with van der Waals surface area (Å²) >= 11 is 0. The number of carbonyl (C=O) groups is 1. The molecule has 3 aromatic rings. The molecule has 9 heteroatoms. The zero-order valence-corrected chi connectivity index (χ0v) is 18.5. The monoisotopic (exact) mass is 449 g/mol. The number of aliphatic imine (C=N–C) groups is 1. The highest BCUT2D eigenvalue weighted by molar-refractivity contribution is 5.96. The summed E-state index contributed by atoms with van der Waals surface area (Å²) in [5.74, 6) is -0.112. The Hall–Kier alpha value is -3.75. The third-order valence-electron chi connectivity index (χ3n) is 5.76. The molecule has 4 rings (SSSR count). The lowest BCUT2D eigenvalue weighted by Crippen LogP contribution is -2.38. The molecular formula is C24H28FN7O. The number of nitrogens with zero attached hydrogens (tertiary/aromatic N) is 3. The molecule has 2 aromatic carbocycles. The normalized spacial score (nSPS) is 18.0. The van der Waals surface area contributed by atoms with E-state index in [1.165, 1.54) is 12.1 Å². The van der Waals surface area contributed by atoms with Gasteiger partial charge in [-0.05, 0) is 49.6 Å². The molecule has 2 unspecified atom stereocenters. The minimum absolute atomic E-state index is 0.0114. The molecule has 1 amide bonds. The fourth-order valence-electron chi connectivity index (χ4n) is 4.16. The summed E-state index contributed by atoms with van der Waals surface area (Å²) in [7, 11) is 0. The maximum absolute atomic E-state index is 13.4. The van der Waals surface area contributed by atoms with Crippen LogP contribution in [0.15, 0.2) is 47.5 Å². The second-order valence-corrected chi connectivity index (χ2v) is 8.39. The van der Waals surface area contributed by atoms with Gasteiger partial charge in [-0.3, -0.25) is 4.79 Å². The van der Waals surface area contributed by atoms with Crippen molar-refractivity contribution in [3.63, 3.8) is 0 Å². The zero-order valence-electron chi connectivity index (χ0n) is 18.5. The minimum Gasteiger partial charge on any atom is -0.370 e. The lowest BCUT2D eigenvalue weighted by molar-refractivity contribution is 0.0941. The van der Waals surface area contributed by atoms with Gasteiger partial charge in [0.15, 0.2) is 5.96 Å². The van der Waals surface area contributed by atoms with Crippen LogP contribution in [-0.2, 0) is 6.54 Å². The number of fused-ring (bicyclic) bond motifs is 1. The highest BCUT2D eigenvalue weighted by atomic mass is 19.1. The summed E-state index contributed by atoms with van der Waals surface area (Å²) in [6.45, 7) is 2.16. The maximum atomic E-state index is 13.4. The Balaban J connectivity index is 1.63. The predicted octanol–water partition coefficient (Wildman–Crippen LogP) is 3.00. The summed E-state index contributed by atoms with van der Waals surface area (Å²) in [5.41, 5.74) is 13.6. The molecule has 1 heterocycles. The molecule has 1 aliphatic carbocycles. The van der Waals surface area contributed by atoms with Crippen LogP contribution < -0.4 is 22.1 Å². The summed E-state index contributed by atoms with van der Waals surface area (Å²) in [5, 5.41) is 7.08. The molecule has 0 spiro atoms. The van der Waals surface area contributed by atoms with Crippen molar-refractivity contribution < 1.29 is 9.18 Å². The lowest BCUT2D eigenvalue weighted by atomic mass is 9.90. The first-order chi connectivity index (χ1) is 15.9. The van der Waals surface area contributed by atoms with Gasteiger partial charge in [-0.15, -0.1) is 0 Å². The quantitative estimate of drug-likeness (QED) is 0.338. The Morgan fingerprint density at radius 2 is 1.97 bits per heavy atom. The molecule has 1 aromatic heterocycles. The maximum Gasteiger partial charge on any atom is 0.289 e. The van der Waals surface area contributed by atoms with Gasteiger partial charge in [0.1, 0.15) is 11.6 Å². The van der Waals surface area contributed by atoms with Crippen LogP contribution in [0.3, 0.4) is 0 Å². The Labute approximate surface area is 191 Å². The van der Waals surface area contributed by atoms with Gasteiger partial charge in [0.2, 0.25) is 5.82 Å². The molecule has 0 saturated heterocycles. The number of benzene rings is 2. The van der Waals surface area contributed by atoms with Gasteiger partial charge < -0.3 is 22.1 Å². The van der Waals surface area contributed by atoms with E-state index >= 15 is 0 Å². The average Bonchev–Trinajstić information content (AvgIpc) is 2.78. The highest BCUT2D eigenvalue weighted by Crippen LogP contribution is 2.28. The Bertz CT molecular complexity index is 1190. The van der Waals surface area contributed by atoms with E-state index in [0.717, 1.165) is 36.6 Å². The van der Waals surface area contributed by atoms with Crippen LogP contribution >= 0.6 is 0 Å². The number of aryl methyl sites for hydroxylation is 1. The number of aromatic nitrogens is 2. The summed E-state index contributed by atoms with van der Waals surface area (Å²) in [4.78, 5) is 26.3. The van der Waals surface area contributed by atoms with Gasteiger partial charge in [-0.1, -0.05) is 36.6 Å². The number of carbonyl (C=O) groups excluding carboxylic acids is 1. The lowest BCUT2D eigenvalue weighted by Gasteiger charge is -2.30. The Morgan fingerprint density at radius 3 is 2.76 bits per heavy atom. The molecule has 0 radical (unpaired) electrons. The van der Waals surface area contributed by atoms with E-state index in [9.17, 15) is 9.18 Å². The zero-order chi connectivity index (χ0) is 23.4. The van der Waals surface area contributed by atoms with Crippen LogP contribution in [0.4, 0.5) is 10.2 Å². The van der Waals surface area contributed by atoms with Crippen LogP contribution in [0.1, 0.15) is 47.4 Å². The van der Waals surface area contributed by atoms with Crippen LogP contribution in [0, 0.1) is 12.7 Å². The second kappa shape index (κ2) is 9.81. The van der Waals surface area contributed by atoms with E-state index in [4.69, 9.17) is 11.5 Å². The molecular weight excluding hydrogens is 421 g/mol. The summed E-state index contributed by atoms with van der Waals surface area (Å²) in [6, 6.07) is 11.8. The molecule has 0 bridgehead atoms. The van der Waals surface area contributed by atoms with Crippen LogP contribution in [-0.4, -0.2) is 33.9 Å². The van der Waals surface area contributed by atoms with Crippen LogP contribution in [0.25, 0.3) is 10.9 Å². The third kappa shape index (κ3) is 5.54. The van der Waals surface area contributed by atoms with Crippen LogP contribution in [0.5, 0.6) is 0 Å². The van der Waals surface area contributed by atoms with Crippen molar-refractivity contribution in [3.8, 4) is 0 Å². The number of nitrogens with two attached hydrogens (primary N) is 2. The summed E-state index contributed by atoms with van der Waals surface area (Å²) in [6.07, 6.45) is 3.87. The smallest absolute Gasteiger partial charge is 0.289 e. The van der Waals surface area contributed by atoms with E-state index in [0.29, 0.717) is 16.9 Å². The first kappa shape index (κ1) is 22.4. The number of anilines is 1. The van der Waals surface area contributed by atoms with E-state index in [2.05, 4.69) is 25.6 Å². The number of amides is 1. The van der Waals surface area contributed by atoms with E-state index in [-0.39, 0.29) is 36.2 Å². The number of hydrogen-bond acceptors (Lipinski definition) is 5. The largest absolute Gasteiger partial charge is 0.370 e. The fourth-order valence-corrected chi connectivity index (χ4v) is 4.16. The fraction of sp³-hybridized carbons (Fsp3) is 0.333. The van der Waals surface area contributed by atoms with E-state index in [1.807, 2.05) is 25.1 Å². The van der Waals surface area contributed by atoms with Crippen molar-refractivity contribution in [3.05, 3.63) is 65.2 Å². The standard InChI is InChI=1S/C24H28FN7O/c1-14-9-10-18-17(11-14)21(30-19-7-2-3-8-20(19)31-24(26)27)32-22(29-18)23(33)28-13-15-5-4-6-16(25)12-15/h4-6,9-12,19-20H,2-3,7-8,13H2,1H3,(H,28,33)(H4,26,27,31)(H,29,30,32). The van der Waals surface area contributed by atoms with Gasteiger partial charge in [-0.2, -0.15) is 0 Å². The number of rotatable bonds is 6. The van der Waals surface area contributed by atoms with Gasteiger partial charge in [0.25, 0.3) is 5.91 Å². The molecule has 33 heavy (non-hydrogen) atoms. The Kier molecular flexibility index (Phi) is 6.67. The first-order valence-electron chi connectivity index (χ1n) is 11.1. The molecule has 1 aliphatic rings. The van der Waals surface area contributed by atoms with Gasteiger partial charge in [0, 0.05) is 11.9 Å². The van der Waals surface area contributed by atoms with Crippen molar-refractivity contribution in [1.29, 1.82) is 0 Å². The third-order valence-corrected chi connectivity index (χ3v) is 5.76. The van der Waals surface area contributed by atoms with Crippen molar-refractivity contribution in [2.45, 2.75) is 51.2 Å². The predicted molar refractivity (Wildman–Crippen MR) is 127 cm³/mol. The molecule has 6 N–H and O–H groups in total. The second-order valence-electron chi connectivity index (χ2n) is 8.39. The molecule has 1 fully saturated rings. The number of guanidine groups is 1. The Morgan fingerprint density at radius 1 is 1.15 bits per heavy atom. The average molecular weight is 450 g/mol. The molecule has 0 aliphatic heterocycles. The van der Waals surface area contributed by atoms with Crippen molar-refractivity contribution in [2.24, 2.45) is 16.5 Å². The highest BCUT2D eigenvalue weighted by Gasteiger charge is 2.26. The first-order valence-corrected chi connectivity index (χ1v) is 11.1. The van der Waals surface area contributed by atoms with E-state index in [1.54, 1.807) is 12.1 Å². The number of nitrogens with one attached hydrogen (secondary N) is 2. The molecule has 8 nitrogen and oxygen atoms in total. The SMILES string of the molecule is Cc1ccc2nc(C(=O)NCc3cccc(F)c3)nc(NC3CCCCC3N=C(N)N)c2c1. The minimum atomic E-state index is -0.436. The van der Waals surface area contributed by atoms with Crippen LogP contribution in [0.2, 0.25) is 0 Å². The number of halogens is 1. The topological polar surface area (TPSA) is 131 Å². The molecule has 172 valence electrons.